The maximum absolute atomic E-state index is 4.15. The van der Waals surface area contributed by atoms with Crippen LogP contribution in [0, 0.1) is 6.92 Å². The molecule has 0 bridgehead atoms. The number of anilines is 1. The molecule has 1 aromatic heterocycles. The van der Waals surface area contributed by atoms with Crippen molar-refractivity contribution in [3.05, 3.63) is 18.0 Å². The summed E-state index contributed by atoms with van der Waals surface area (Å²) in [5, 5.41) is 3.18. The van der Waals surface area contributed by atoms with Crippen molar-refractivity contribution in [2.75, 3.05) is 11.9 Å². The van der Waals surface area contributed by atoms with Crippen LogP contribution in [0.1, 0.15) is 31.7 Å². The van der Waals surface area contributed by atoms with Gasteiger partial charge in [-0.3, -0.25) is 0 Å². The maximum Gasteiger partial charge on any atom is 0.222 e. The third-order valence-electron chi connectivity index (χ3n) is 1.84. The van der Waals surface area contributed by atoms with E-state index in [0.29, 0.717) is 0 Å². The Morgan fingerprint density at radius 3 is 2.54 bits per heavy atom. The molecule has 0 saturated carbocycles. The van der Waals surface area contributed by atoms with Gasteiger partial charge in [0, 0.05) is 18.9 Å². The zero-order valence-corrected chi connectivity index (χ0v) is 8.38. The summed E-state index contributed by atoms with van der Waals surface area (Å²) < 4.78 is 0. The topological polar surface area (TPSA) is 37.8 Å². The van der Waals surface area contributed by atoms with Gasteiger partial charge in [-0.1, -0.05) is 19.8 Å². The fourth-order valence-corrected chi connectivity index (χ4v) is 1.06. The van der Waals surface area contributed by atoms with Gasteiger partial charge in [-0.2, -0.15) is 0 Å². The van der Waals surface area contributed by atoms with Gasteiger partial charge >= 0.3 is 0 Å². The highest BCUT2D eigenvalue weighted by Crippen LogP contribution is 1.99. The van der Waals surface area contributed by atoms with E-state index in [1.165, 1.54) is 19.3 Å². The molecular formula is C10H17N3. The number of aryl methyl sites for hydroxylation is 1. The Hall–Kier alpha value is -1.12. The Kier molecular flexibility index (Phi) is 4.23. The smallest absolute Gasteiger partial charge is 0.222 e. The van der Waals surface area contributed by atoms with Crippen LogP contribution in [0.25, 0.3) is 0 Å². The lowest BCUT2D eigenvalue weighted by atomic mass is 10.2. The highest BCUT2D eigenvalue weighted by atomic mass is 15.1. The molecule has 0 aliphatic heterocycles. The lowest BCUT2D eigenvalue weighted by Gasteiger charge is -2.03. The highest BCUT2D eigenvalue weighted by molar-refractivity contribution is 5.23. The molecule has 13 heavy (non-hydrogen) atoms. The lowest BCUT2D eigenvalue weighted by Crippen LogP contribution is -2.04. The molecular weight excluding hydrogens is 162 g/mol. The number of unbranched alkanes of at least 4 members (excludes halogenated alkanes) is 2. The van der Waals surface area contributed by atoms with E-state index in [1.807, 2.05) is 19.3 Å². The highest BCUT2D eigenvalue weighted by Gasteiger charge is 1.92. The van der Waals surface area contributed by atoms with E-state index in [-0.39, 0.29) is 0 Å². The van der Waals surface area contributed by atoms with Gasteiger partial charge in [0.05, 0.1) is 0 Å². The van der Waals surface area contributed by atoms with Gasteiger partial charge in [0.2, 0.25) is 5.95 Å². The Labute approximate surface area is 79.6 Å². The quantitative estimate of drug-likeness (QED) is 0.705. The SMILES string of the molecule is CCCCCNc1ncc(C)cn1. The molecule has 0 spiro atoms. The fraction of sp³-hybridized carbons (Fsp3) is 0.600. The number of hydrogen-bond acceptors (Lipinski definition) is 3. The summed E-state index contributed by atoms with van der Waals surface area (Å²) in [6.07, 6.45) is 7.35. The van der Waals surface area contributed by atoms with Crippen molar-refractivity contribution >= 4 is 5.95 Å². The molecule has 0 aliphatic carbocycles. The summed E-state index contributed by atoms with van der Waals surface area (Å²) in [4.78, 5) is 8.31. The van der Waals surface area contributed by atoms with Crippen LogP contribution in [-0.4, -0.2) is 16.5 Å². The Morgan fingerprint density at radius 2 is 1.92 bits per heavy atom. The zero-order chi connectivity index (χ0) is 9.52. The van der Waals surface area contributed by atoms with Gasteiger partial charge in [-0.25, -0.2) is 9.97 Å². The summed E-state index contributed by atoms with van der Waals surface area (Å²) in [6, 6.07) is 0. The summed E-state index contributed by atoms with van der Waals surface area (Å²) in [6.45, 7) is 5.15. The molecule has 0 atom stereocenters. The first-order valence-electron chi connectivity index (χ1n) is 4.85. The second-order valence-electron chi connectivity index (χ2n) is 3.22. The monoisotopic (exact) mass is 179 g/mol. The Bertz CT molecular complexity index is 230. The number of nitrogens with one attached hydrogen (secondary N) is 1. The summed E-state index contributed by atoms with van der Waals surface area (Å²) >= 11 is 0. The molecule has 72 valence electrons. The molecule has 0 fully saturated rings. The molecule has 0 amide bonds. The number of nitrogens with zero attached hydrogens (tertiary/aromatic N) is 2. The summed E-state index contributed by atoms with van der Waals surface area (Å²) in [7, 11) is 0. The van der Waals surface area contributed by atoms with Crippen molar-refractivity contribution in [1.82, 2.24) is 9.97 Å². The number of aromatic nitrogens is 2. The zero-order valence-electron chi connectivity index (χ0n) is 8.38. The first-order chi connectivity index (χ1) is 6.33. The van der Waals surface area contributed by atoms with Crippen LogP contribution in [0.3, 0.4) is 0 Å². The van der Waals surface area contributed by atoms with E-state index in [1.54, 1.807) is 0 Å². The molecule has 1 aromatic rings. The van der Waals surface area contributed by atoms with Crippen LogP contribution >= 0.6 is 0 Å². The third-order valence-corrected chi connectivity index (χ3v) is 1.84. The van der Waals surface area contributed by atoms with Crippen LogP contribution < -0.4 is 5.32 Å². The van der Waals surface area contributed by atoms with E-state index in [0.717, 1.165) is 18.1 Å². The molecule has 0 aromatic carbocycles. The maximum atomic E-state index is 4.15. The van der Waals surface area contributed by atoms with E-state index in [9.17, 15) is 0 Å². The van der Waals surface area contributed by atoms with Gasteiger partial charge in [-0.15, -0.1) is 0 Å². The molecule has 3 nitrogen and oxygen atoms in total. The van der Waals surface area contributed by atoms with E-state index >= 15 is 0 Å². The minimum absolute atomic E-state index is 0.738. The van der Waals surface area contributed by atoms with Crippen molar-refractivity contribution < 1.29 is 0 Å². The van der Waals surface area contributed by atoms with Gasteiger partial charge < -0.3 is 5.32 Å². The first kappa shape index (κ1) is 9.96. The molecule has 3 heteroatoms. The minimum Gasteiger partial charge on any atom is -0.354 e. The number of hydrogen-bond donors (Lipinski definition) is 1. The molecule has 0 radical (unpaired) electrons. The van der Waals surface area contributed by atoms with Gasteiger partial charge in [0.25, 0.3) is 0 Å². The predicted molar refractivity (Wildman–Crippen MR) is 54.8 cm³/mol. The minimum atomic E-state index is 0.738. The molecule has 1 rings (SSSR count). The Morgan fingerprint density at radius 1 is 1.23 bits per heavy atom. The van der Waals surface area contributed by atoms with Crippen LogP contribution in [0.15, 0.2) is 12.4 Å². The lowest BCUT2D eigenvalue weighted by molar-refractivity contribution is 0.740. The van der Waals surface area contributed by atoms with Crippen LogP contribution in [-0.2, 0) is 0 Å². The second kappa shape index (κ2) is 5.51. The third kappa shape index (κ3) is 3.87. The van der Waals surface area contributed by atoms with Crippen LogP contribution in [0.5, 0.6) is 0 Å². The molecule has 1 heterocycles. The van der Waals surface area contributed by atoms with Gasteiger partial charge in [0.1, 0.15) is 0 Å². The molecule has 0 saturated heterocycles. The van der Waals surface area contributed by atoms with Crippen LogP contribution in [0.4, 0.5) is 5.95 Å². The molecule has 1 N–H and O–H groups in total. The summed E-state index contributed by atoms with van der Waals surface area (Å²) in [5.41, 5.74) is 1.10. The van der Waals surface area contributed by atoms with Crippen molar-refractivity contribution in [1.29, 1.82) is 0 Å². The van der Waals surface area contributed by atoms with Crippen molar-refractivity contribution in [2.45, 2.75) is 33.1 Å². The molecule has 0 unspecified atom stereocenters. The van der Waals surface area contributed by atoms with Gasteiger partial charge in [0.15, 0.2) is 0 Å². The Balaban J connectivity index is 2.25. The standard InChI is InChI=1S/C10H17N3/c1-3-4-5-6-11-10-12-7-9(2)8-13-10/h7-8H,3-6H2,1-2H3,(H,11,12,13). The largest absolute Gasteiger partial charge is 0.354 e. The van der Waals surface area contributed by atoms with E-state index in [2.05, 4.69) is 22.2 Å². The second-order valence-corrected chi connectivity index (χ2v) is 3.22. The van der Waals surface area contributed by atoms with Crippen molar-refractivity contribution in [3.8, 4) is 0 Å². The first-order valence-corrected chi connectivity index (χ1v) is 4.85. The van der Waals surface area contributed by atoms with Crippen molar-refractivity contribution in [3.63, 3.8) is 0 Å². The summed E-state index contributed by atoms with van der Waals surface area (Å²) in [5.74, 6) is 0.738. The predicted octanol–water partition coefficient (Wildman–Crippen LogP) is 2.39. The number of rotatable bonds is 5. The van der Waals surface area contributed by atoms with E-state index in [4.69, 9.17) is 0 Å². The molecule has 0 aliphatic rings. The van der Waals surface area contributed by atoms with Crippen LogP contribution in [0.2, 0.25) is 0 Å². The van der Waals surface area contributed by atoms with Crippen molar-refractivity contribution in [2.24, 2.45) is 0 Å². The average Bonchev–Trinajstić information content (AvgIpc) is 2.15. The normalized spacial score (nSPS) is 10.0. The van der Waals surface area contributed by atoms with E-state index < -0.39 is 0 Å². The van der Waals surface area contributed by atoms with Gasteiger partial charge in [-0.05, 0) is 18.9 Å². The fourth-order valence-electron chi connectivity index (χ4n) is 1.06. The average molecular weight is 179 g/mol.